The zero-order valence-electron chi connectivity index (χ0n) is 14.7. The molecule has 0 spiro atoms. The molecule has 0 saturated carbocycles. The molecule has 0 aliphatic heterocycles. The first-order chi connectivity index (χ1) is 10.1. The number of aryl methyl sites for hydroxylation is 1. The van der Waals surface area contributed by atoms with E-state index in [4.69, 9.17) is 9.84 Å². The van der Waals surface area contributed by atoms with Crippen molar-refractivity contribution >= 4 is 0 Å². The highest BCUT2D eigenvalue weighted by Crippen LogP contribution is 2.26. The van der Waals surface area contributed by atoms with E-state index in [1.807, 2.05) is 0 Å². The lowest BCUT2D eigenvalue weighted by Crippen LogP contribution is -2.22. The van der Waals surface area contributed by atoms with Gasteiger partial charge >= 0.3 is 0 Å². The van der Waals surface area contributed by atoms with Crippen molar-refractivity contribution in [3.8, 4) is 0 Å². The summed E-state index contributed by atoms with van der Waals surface area (Å²) in [7, 11) is 0. The maximum absolute atomic E-state index is 5.69. The van der Waals surface area contributed by atoms with Crippen molar-refractivity contribution in [1.29, 1.82) is 0 Å². The van der Waals surface area contributed by atoms with Gasteiger partial charge in [-0.15, -0.1) is 0 Å². The molecule has 1 heterocycles. The molecule has 122 valence electrons. The Kier molecular flexibility index (Phi) is 7.97. The monoisotopic (exact) mass is 295 g/mol. The van der Waals surface area contributed by atoms with Gasteiger partial charge in [0.1, 0.15) is 0 Å². The highest BCUT2D eigenvalue weighted by Gasteiger charge is 2.21. The summed E-state index contributed by atoms with van der Waals surface area (Å²) in [5.74, 6) is 0. The van der Waals surface area contributed by atoms with E-state index in [0.29, 0.717) is 6.04 Å². The third kappa shape index (κ3) is 4.82. The van der Waals surface area contributed by atoms with E-state index in [-0.39, 0.29) is 6.10 Å². The molecule has 4 heteroatoms. The number of aromatic nitrogens is 2. The molecule has 1 aromatic rings. The highest BCUT2D eigenvalue weighted by molar-refractivity contribution is 5.30. The smallest absolute Gasteiger partial charge is 0.0672 e. The highest BCUT2D eigenvalue weighted by atomic mass is 16.5. The van der Waals surface area contributed by atoms with Crippen LogP contribution >= 0.6 is 0 Å². The lowest BCUT2D eigenvalue weighted by molar-refractivity contribution is 0.0704. The predicted molar refractivity (Wildman–Crippen MR) is 88.8 cm³/mol. The minimum Gasteiger partial charge on any atom is -0.377 e. The normalized spacial score (nSPS) is 13.1. The molecule has 0 aliphatic rings. The summed E-state index contributed by atoms with van der Waals surface area (Å²) in [6.07, 6.45) is 3.39. The van der Waals surface area contributed by atoms with Crippen LogP contribution in [0.25, 0.3) is 0 Å². The van der Waals surface area contributed by atoms with Crippen molar-refractivity contribution in [1.82, 2.24) is 15.1 Å². The molecule has 0 amide bonds. The Hall–Kier alpha value is -0.870. The second-order valence-electron chi connectivity index (χ2n) is 5.68. The Bertz CT molecular complexity index is 412. The zero-order chi connectivity index (χ0) is 15.8. The summed E-state index contributed by atoms with van der Waals surface area (Å²) in [6, 6.07) is 0.416. The van der Waals surface area contributed by atoms with Crippen molar-refractivity contribution in [2.45, 2.75) is 79.5 Å². The summed E-state index contributed by atoms with van der Waals surface area (Å²) < 4.78 is 7.85. The van der Waals surface area contributed by atoms with Crippen molar-refractivity contribution in [2.24, 2.45) is 0 Å². The van der Waals surface area contributed by atoms with Gasteiger partial charge in [0.25, 0.3) is 0 Å². The lowest BCUT2D eigenvalue weighted by atomic mass is 9.99. The number of rotatable bonds is 10. The molecule has 0 bridgehead atoms. The average Bonchev–Trinajstić information content (AvgIpc) is 2.82. The molecular formula is C17H33N3O. The maximum Gasteiger partial charge on any atom is 0.0672 e. The fourth-order valence-corrected chi connectivity index (χ4v) is 2.86. The minimum atomic E-state index is 0.279. The minimum absolute atomic E-state index is 0.279. The van der Waals surface area contributed by atoms with E-state index >= 15 is 0 Å². The summed E-state index contributed by atoms with van der Waals surface area (Å²) >= 11 is 0. The van der Waals surface area contributed by atoms with Gasteiger partial charge in [-0.1, -0.05) is 27.7 Å². The quantitative estimate of drug-likeness (QED) is 0.718. The number of hydrogen-bond donors (Lipinski definition) is 1. The van der Waals surface area contributed by atoms with E-state index in [1.165, 1.54) is 17.0 Å². The molecule has 1 atom stereocenters. The van der Waals surface area contributed by atoms with Gasteiger partial charge in [0.2, 0.25) is 0 Å². The molecule has 1 unspecified atom stereocenters. The van der Waals surface area contributed by atoms with E-state index in [1.54, 1.807) is 0 Å². The number of nitrogens with zero attached hydrogens (tertiary/aromatic N) is 2. The third-order valence-corrected chi connectivity index (χ3v) is 3.81. The van der Waals surface area contributed by atoms with Crippen molar-refractivity contribution in [3.63, 3.8) is 0 Å². The number of nitrogens with one attached hydrogen (secondary N) is 1. The third-order valence-electron chi connectivity index (χ3n) is 3.81. The van der Waals surface area contributed by atoms with Crippen LogP contribution in [0.1, 0.15) is 71.0 Å². The van der Waals surface area contributed by atoms with E-state index < -0.39 is 0 Å². The molecule has 0 saturated heterocycles. The molecule has 0 aromatic carbocycles. The van der Waals surface area contributed by atoms with Gasteiger partial charge < -0.3 is 10.1 Å². The largest absolute Gasteiger partial charge is 0.377 e. The van der Waals surface area contributed by atoms with Gasteiger partial charge in [0.15, 0.2) is 0 Å². The maximum atomic E-state index is 5.69. The second-order valence-corrected chi connectivity index (χ2v) is 5.68. The average molecular weight is 295 g/mol. The van der Waals surface area contributed by atoms with Gasteiger partial charge in [-0.2, -0.15) is 5.10 Å². The fourth-order valence-electron chi connectivity index (χ4n) is 2.86. The fraction of sp³-hybridized carbons (Fsp3) is 0.824. The van der Waals surface area contributed by atoms with Crippen LogP contribution in [0.5, 0.6) is 0 Å². The van der Waals surface area contributed by atoms with Crippen molar-refractivity contribution in [3.05, 3.63) is 17.0 Å². The molecule has 0 fully saturated rings. The van der Waals surface area contributed by atoms with Crippen LogP contribution in [-0.2, 0) is 24.1 Å². The van der Waals surface area contributed by atoms with E-state index in [2.05, 4.69) is 51.5 Å². The second kappa shape index (κ2) is 9.21. The number of ether oxygens (including phenoxy) is 1. The summed E-state index contributed by atoms with van der Waals surface area (Å²) in [5.41, 5.74) is 4.03. The van der Waals surface area contributed by atoms with Crippen molar-refractivity contribution in [2.75, 3.05) is 13.2 Å². The Labute approximate surface area is 130 Å². The molecule has 21 heavy (non-hydrogen) atoms. The molecule has 0 radical (unpaired) electrons. The standard InChI is InChI=1S/C17H33N3O/c1-7-14(18-10-4)17-15(8-2)19-20(16(17)9-3)11-12-21-13(5)6/h13-14,18H,7-12H2,1-6H3. The first-order valence-corrected chi connectivity index (χ1v) is 8.52. The van der Waals surface area contributed by atoms with Crippen molar-refractivity contribution < 1.29 is 4.74 Å². The summed E-state index contributed by atoms with van der Waals surface area (Å²) in [6.45, 7) is 15.5. The molecular weight excluding hydrogens is 262 g/mol. The number of hydrogen-bond acceptors (Lipinski definition) is 3. The SMILES string of the molecule is CCNC(CC)c1c(CC)nn(CCOC(C)C)c1CC. The van der Waals surface area contributed by atoms with E-state index in [0.717, 1.165) is 39.0 Å². The Morgan fingerprint density at radius 1 is 1.14 bits per heavy atom. The lowest BCUT2D eigenvalue weighted by Gasteiger charge is -2.18. The van der Waals surface area contributed by atoms with Crippen LogP contribution < -0.4 is 5.32 Å². The molecule has 1 aromatic heterocycles. The molecule has 1 rings (SSSR count). The van der Waals surface area contributed by atoms with E-state index in [9.17, 15) is 0 Å². The van der Waals surface area contributed by atoms with Crippen LogP contribution in [0.2, 0.25) is 0 Å². The van der Waals surface area contributed by atoms with Crippen LogP contribution in [-0.4, -0.2) is 29.0 Å². The molecule has 0 aliphatic carbocycles. The first kappa shape index (κ1) is 18.2. The first-order valence-electron chi connectivity index (χ1n) is 8.52. The topological polar surface area (TPSA) is 39.1 Å². The Morgan fingerprint density at radius 3 is 2.33 bits per heavy atom. The van der Waals surface area contributed by atoms with Gasteiger partial charge in [-0.05, 0) is 39.7 Å². The van der Waals surface area contributed by atoms with Gasteiger partial charge in [-0.3, -0.25) is 4.68 Å². The molecule has 1 N–H and O–H groups in total. The molecule has 4 nitrogen and oxygen atoms in total. The van der Waals surface area contributed by atoms with Crippen LogP contribution in [0.4, 0.5) is 0 Å². The van der Waals surface area contributed by atoms with Crippen LogP contribution in [0, 0.1) is 0 Å². The predicted octanol–water partition coefficient (Wildman–Crippen LogP) is 3.49. The Balaban J connectivity index is 3.02. The summed E-state index contributed by atoms with van der Waals surface area (Å²) in [4.78, 5) is 0. The van der Waals surface area contributed by atoms with Gasteiger partial charge in [0, 0.05) is 17.3 Å². The van der Waals surface area contributed by atoms with Gasteiger partial charge in [0.05, 0.1) is 24.9 Å². The zero-order valence-corrected chi connectivity index (χ0v) is 14.7. The van der Waals surface area contributed by atoms with Crippen LogP contribution in [0.15, 0.2) is 0 Å². The van der Waals surface area contributed by atoms with Crippen LogP contribution in [0.3, 0.4) is 0 Å². The Morgan fingerprint density at radius 2 is 1.86 bits per heavy atom. The van der Waals surface area contributed by atoms with Gasteiger partial charge in [-0.25, -0.2) is 0 Å². The summed E-state index contributed by atoms with van der Waals surface area (Å²) in [5, 5.41) is 8.45.